The lowest BCUT2D eigenvalue weighted by Gasteiger charge is -2.36. The number of carbonyl (C=O) groups is 1. The van der Waals surface area contributed by atoms with Crippen LogP contribution >= 0.6 is 0 Å². The molecule has 2 amide bonds. The van der Waals surface area contributed by atoms with Gasteiger partial charge < -0.3 is 5.32 Å². The molecule has 128 valence electrons. The van der Waals surface area contributed by atoms with Crippen molar-refractivity contribution in [1.82, 2.24) is 20.0 Å². The first-order valence-electron chi connectivity index (χ1n) is 8.80. The quantitative estimate of drug-likeness (QED) is 0.897. The van der Waals surface area contributed by atoms with Gasteiger partial charge in [-0.3, -0.25) is 10.2 Å². The van der Waals surface area contributed by atoms with Crippen LogP contribution in [0, 0.1) is 0 Å². The second-order valence-electron chi connectivity index (χ2n) is 7.75. The fraction of sp³-hybridized carbons (Fsp3) is 0.765. The minimum absolute atomic E-state index is 0.141. The minimum atomic E-state index is -0.155. The van der Waals surface area contributed by atoms with Gasteiger partial charge in [-0.2, -0.15) is 5.10 Å². The van der Waals surface area contributed by atoms with Crippen molar-refractivity contribution < 1.29 is 4.79 Å². The molecule has 6 nitrogen and oxygen atoms in total. The average molecular weight is 319 g/mol. The van der Waals surface area contributed by atoms with E-state index in [4.69, 9.17) is 0 Å². The molecule has 3 rings (SSSR count). The lowest BCUT2D eigenvalue weighted by atomic mass is 10.0. The van der Waals surface area contributed by atoms with Gasteiger partial charge in [0.15, 0.2) is 0 Å². The number of anilines is 1. The zero-order valence-corrected chi connectivity index (χ0v) is 14.5. The fourth-order valence-corrected chi connectivity index (χ4v) is 3.43. The molecule has 6 heteroatoms. The highest BCUT2D eigenvalue weighted by atomic mass is 16.2. The molecule has 0 bridgehead atoms. The Morgan fingerprint density at radius 1 is 1.30 bits per heavy atom. The molecular weight excluding hydrogens is 290 g/mol. The second kappa shape index (κ2) is 6.51. The summed E-state index contributed by atoms with van der Waals surface area (Å²) in [5.74, 6) is 0.734. The van der Waals surface area contributed by atoms with Crippen LogP contribution in [0.15, 0.2) is 12.3 Å². The van der Waals surface area contributed by atoms with Gasteiger partial charge >= 0.3 is 6.03 Å². The van der Waals surface area contributed by atoms with Crippen molar-refractivity contribution in [2.24, 2.45) is 0 Å². The van der Waals surface area contributed by atoms with Gasteiger partial charge in [0.25, 0.3) is 0 Å². The number of aromatic nitrogens is 2. The smallest absolute Gasteiger partial charge is 0.320 e. The van der Waals surface area contributed by atoms with Crippen LogP contribution in [0.5, 0.6) is 0 Å². The van der Waals surface area contributed by atoms with Gasteiger partial charge in [-0.25, -0.2) is 9.48 Å². The molecule has 2 aliphatic rings. The normalized spacial score (nSPS) is 22.8. The Hall–Kier alpha value is -1.56. The molecule has 2 N–H and O–H groups in total. The molecule has 0 spiro atoms. The second-order valence-corrected chi connectivity index (χ2v) is 7.75. The van der Waals surface area contributed by atoms with Crippen molar-refractivity contribution >= 4 is 11.8 Å². The van der Waals surface area contributed by atoms with Gasteiger partial charge in [0.2, 0.25) is 0 Å². The van der Waals surface area contributed by atoms with Crippen LogP contribution in [-0.4, -0.2) is 45.9 Å². The van der Waals surface area contributed by atoms with Crippen LogP contribution in [0.25, 0.3) is 0 Å². The number of piperidine rings is 1. The summed E-state index contributed by atoms with van der Waals surface area (Å²) in [5, 5.41) is 10.3. The highest BCUT2D eigenvalue weighted by Gasteiger charge is 2.35. The van der Waals surface area contributed by atoms with E-state index in [-0.39, 0.29) is 11.6 Å². The van der Waals surface area contributed by atoms with Crippen LogP contribution in [0.1, 0.15) is 52.9 Å². The van der Waals surface area contributed by atoms with Gasteiger partial charge in [0, 0.05) is 24.7 Å². The molecule has 1 saturated heterocycles. The maximum Gasteiger partial charge on any atom is 0.320 e. The average Bonchev–Trinajstić information content (AvgIpc) is 3.23. The van der Waals surface area contributed by atoms with E-state index in [2.05, 4.69) is 41.4 Å². The molecule has 2 heterocycles. The number of nitrogens with zero attached hydrogens (tertiary/aromatic N) is 3. The summed E-state index contributed by atoms with van der Waals surface area (Å²) in [4.78, 5) is 14.8. The lowest BCUT2D eigenvalue weighted by molar-refractivity contribution is 0.138. The zero-order valence-electron chi connectivity index (χ0n) is 14.5. The van der Waals surface area contributed by atoms with E-state index < -0.39 is 0 Å². The summed E-state index contributed by atoms with van der Waals surface area (Å²) in [7, 11) is 0. The highest BCUT2D eigenvalue weighted by Crippen LogP contribution is 2.32. The third-order valence-corrected chi connectivity index (χ3v) is 4.71. The van der Waals surface area contributed by atoms with Crippen LogP contribution in [0.4, 0.5) is 10.6 Å². The van der Waals surface area contributed by atoms with Crippen LogP contribution < -0.4 is 10.6 Å². The van der Waals surface area contributed by atoms with Gasteiger partial charge in [-0.15, -0.1) is 0 Å². The Bertz CT molecular complexity index is 543. The third-order valence-electron chi connectivity index (χ3n) is 4.71. The van der Waals surface area contributed by atoms with E-state index in [1.807, 2.05) is 10.7 Å². The summed E-state index contributed by atoms with van der Waals surface area (Å²) >= 11 is 0. The Kier molecular flexibility index (Phi) is 4.62. The minimum Gasteiger partial charge on any atom is -0.336 e. The number of amides is 2. The molecule has 1 unspecified atom stereocenters. The fourth-order valence-electron chi connectivity index (χ4n) is 3.43. The predicted octanol–water partition coefficient (Wildman–Crippen LogP) is 2.78. The topological polar surface area (TPSA) is 62.2 Å². The summed E-state index contributed by atoms with van der Waals surface area (Å²) in [6.07, 6.45) is 8.13. The predicted molar refractivity (Wildman–Crippen MR) is 91.6 cm³/mol. The van der Waals surface area contributed by atoms with E-state index in [9.17, 15) is 4.79 Å². The molecule has 1 aliphatic carbocycles. The van der Waals surface area contributed by atoms with Crippen molar-refractivity contribution in [2.75, 3.05) is 18.4 Å². The van der Waals surface area contributed by atoms with Gasteiger partial charge in [0.05, 0.1) is 11.7 Å². The lowest BCUT2D eigenvalue weighted by Crippen LogP contribution is -2.48. The first-order chi connectivity index (χ1) is 10.9. The van der Waals surface area contributed by atoms with Gasteiger partial charge in [-0.1, -0.05) is 6.42 Å². The Balaban J connectivity index is 1.52. The van der Waals surface area contributed by atoms with Crippen molar-refractivity contribution in [3.05, 3.63) is 12.3 Å². The molecule has 1 atom stereocenters. The molecule has 1 saturated carbocycles. The largest absolute Gasteiger partial charge is 0.336 e. The number of likely N-dealkylation sites (tertiary alicyclic amines) is 1. The summed E-state index contributed by atoms with van der Waals surface area (Å²) in [6.45, 7) is 8.12. The number of hydrogen-bond acceptors (Lipinski definition) is 3. The van der Waals surface area contributed by atoms with Crippen molar-refractivity contribution in [2.45, 2.75) is 70.5 Å². The number of rotatable bonds is 4. The summed E-state index contributed by atoms with van der Waals surface area (Å²) in [6, 6.07) is 2.96. The molecule has 2 fully saturated rings. The molecule has 0 radical (unpaired) electrons. The van der Waals surface area contributed by atoms with Gasteiger partial charge in [0.1, 0.15) is 5.82 Å². The van der Waals surface area contributed by atoms with Crippen LogP contribution in [-0.2, 0) is 5.54 Å². The maximum atomic E-state index is 12.2. The highest BCUT2D eigenvalue weighted by molar-refractivity contribution is 5.88. The van der Waals surface area contributed by atoms with Crippen LogP contribution in [0.2, 0.25) is 0 Å². The first-order valence-corrected chi connectivity index (χ1v) is 8.80. The molecule has 1 aromatic heterocycles. The maximum absolute atomic E-state index is 12.2. The SMILES string of the molecule is CC(C)(C)n1nccc1NC(=O)NCC1CCCCN1C1CC1. The molecule has 0 aromatic carbocycles. The van der Waals surface area contributed by atoms with E-state index in [0.29, 0.717) is 6.04 Å². The van der Waals surface area contributed by atoms with Crippen molar-refractivity contribution in [3.8, 4) is 0 Å². The number of carbonyl (C=O) groups excluding carboxylic acids is 1. The summed E-state index contributed by atoms with van der Waals surface area (Å²) in [5.41, 5.74) is -0.155. The Labute approximate surface area is 138 Å². The monoisotopic (exact) mass is 319 g/mol. The van der Waals surface area contributed by atoms with Crippen molar-refractivity contribution in [1.29, 1.82) is 0 Å². The van der Waals surface area contributed by atoms with E-state index >= 15 is 0 Å². The van der Waals surface area contributed by atoms with Crippen LogP contribution in [0.3, 0.4) is 0 Å². The van der Waals surface area contributed by atoms with E-state index in [1.165, 1.54) is 38.6 Å². The molecular formula is C17H29N5O. The number of urea groups is 1. The molecule has 1 aliphatic heterocycles. The van der Waals surface area contributed by atoms with Crippen molar-refractivity contribution in [3.63, 3.8) is 0 Å². The first kappa shape index (κ1) is 16.3. The third kappa shape index (κ3) is 4.05. The summed E-state index contributed by atoms with van der Waals surface area (Å²) < 4.78 is 1.84. The Morgan fingerprint density at radius 3 is 2.78 bits per heavy atom. The number of hydrogen-bond donors (Lipinski definition) is 2. The number of nitrogens with one attached hydrogen (secondary N) is 2. The molecule has 1 aromatic rings. The van der Waals surface area contributed by atoms with Gasteiger partial charge in [-0.05, 0) is 53.0 Å². The Morgan fingerprint density at radius 2 is 2.09 bits per heavy atom. The standard InChI is InChI=1S/C17H29N5O/c1-17(2,3)22-15(9-10-19-22)20-16(23)18-12-14-6-4-5-11-21(14)13-7-8-13/h9-10,13-14H,4-8,11-12H2,1-3H3,(H2,18,20,23). The van der Waals surface area contributed by atoms with E-state index in [0.717, 1.165) is 18.4 Å². The zero-order chi connectivity index (χ0) is 16.4. The molecule has 23 heavy (non-hydrogen) atoms. The van der Waals surface area contributed by atoms with E-state index in [1.54, 1.807) is 6.20 Å².